The summed E-state index contributed by atoms with van der Waals surface area (Å²) in [4.78, 5) is 6.90. The first-order valence-corrected chi connectivity index (χ1v) is 9.83. The summed E-state index contributed by atoms with van der Waals surface area (Å²) < 4.78 is 5.35. The van der Waals surface area contributed by atoms with Gasteiger partial charge in [0.2, 0.25) is 0 Å². The van der Waals surface area contributed by atoms with Crippen LogP contribution in [0.15, 0.2) is 29.6 Å². The van der Waals surface area contributed by atoms with Gasteiger partial charge in [0.05, 0.1) is 23.9 Å². The van der Waals surface area contributed by atoms with E-state index in [2.05, 4.69) is 50.2 Å². The monoisotopic (exact) mass is 376 g/mol. The third-order valence-electron chi connectivity index (χ3n) is 4.14. The van der Waals surface area contributed by atoms with Crippen molar-refractivity contribution in [3.05, 3.63) is 40.2 Å². The molecule has 1 aromatic heterocycles. The van der Waals surface area contributed by atoms with Gasteiger partial charge in [-0.1, -0.05) is 24.3 Å². The van der Waals surface area contributed by atoms with Crippen LogP contribution in [0.2, 0.25) is 0 Å². The first-order valence-electron chi connectivity index (χ1n) is 8.54. The van der Waals surface area contributed by atoms with Crippen molar-refractivity contribution < 1.29 is 4.74 Å². The molecule has 0 aliphatic carbocycles. The Morgan fingerprint density at radius 3 is 2.68 bits per heavy atom. The van der Waals surface area contributed by atoms with Gasteiger partial charge in [0.1, 0.15) is 0 Å². The average molecular weight is 377 g/mol. The van der Waals surface area contributed by atoms with Gasteiger partial charge in [-0.3, -0.25) is 4.90 Å². The molecular weight excluding hydrogens is 352 g/mol. The first kappa shape index (κ1) is 18.3. The fourth-order valence-electron chi connectivity index (χ4n) is 2.69. The number of thiazole rings is 1. The second-order valence-electron chi connectivity index (χ2n) is 6.01. The van der Waals surface area contributed by atoms with Gasteiger partial charge in [-0.25, -0.2) is 4.98 Å². The highest BCUT2D eigenvalue weighted by atomic mass is 32.1. The molecule has 25 heavy (non-hydrogen) atoms. The topological polar surface area (TPSA) is 49.4 Å². The number of benzene rings is 1. The Morgan fingerprint density at radius 1 is 1.24 bits per heavy atom. The van der Waals surface area contributed by atoms with E-state index in [-0.39, 0.29) is 0 Å². The van der Waals surface area contributed by atoms with Crippen LogP contribution in [0.25, 0.3) is 11.3 Å². The minimum absolute atomic E-state index is 0.701. The van der Waals surface area contributed by atoms with E-state index in [9.17, 15) is 0 Å². The fraction of sp³-hybridized carbons (Fsp3) is 0.444. The highest BCUT2D eigenvalue weighted by Gasteiger charge is 2.09. The first-order chi connectivity index (χ1) is 12.2. The van der Waals surface area contributed by atoms with Gasteiger partial charge in [0.15, 0.2) is 5.11 Å². The van der Waals surface area contributed by atoms with Crippen LogP contribution < -0.4 is 10.6 Å². The van der Waals surface area contributed by atoms with Gasteiger partial charge in [-0.2, -0.15) is 0 Å². The number of hydrogen-bond acceptors (Lipinski definition) is 5. The summed E-state index contributed by atoms with van der Waals surface area (Å²) in [5.41, 5.74) is 3.40. The highest BCUT2D eigenvalue weighted by Crippen LogP contribution is 2.21. The highest BCUT2D eigenvalue weighted by molar-refractivity contribution is 7.80. The molecule has 1 aliphatic heterocycles. The summed E-state index contributed by atoms with van der Waals surface area (Å²) in [5, 5.41) is 10.4. The molecule has 0 radical (unpaired) electrons. The van der Waals surface area contributed by atoms with Gasteiger partial charge >= 0.3 is 0 Å². The molecule has 0 atom stereocenters. The molecule has 0 bridgehead atoms. The smallest absolute Gasteiger partial charge is 0.166 e. The van der Waals surface area contributed by atoms with Crippen LogP contribution in [-0.4, -0.2) is 54.4 Å². The number of hydrogen-bond donors (Lipinski definition) is 2. The van der Waals surface area contributed by atoms with Crippen molar-refractivity contribution in [2.24, 2.45) is 0 Å². The molecule has 0 spiro atoms. The number of nitrogens with zero attached hydrogens (tertiary/aromatic N) is 2. The van der Waals surface area contributed by atoms with E-state index in [0.717, 1.165) is 62.2 Å². The van der Waals surface area contributed by atoms with Gasteiger partial charge < -0.3 is 15.4 Å². The lowest BCUT2D eigenvalue weighted by Gasteiger charge is -2.26. The molecule has 2 heterocycles. The number of aryl methyl sites for hydroxylation is 1. The molecule has 1 saturated heterocycles. The van der Waals surface area contributed by atoms with Crippen molar-refractivity contribution in [3.8, 4) is 11.3 Å². The maximum atomic E-state index is 5.35. The van der Waals surface area contributed by atoms with Gasteiger partial charge in [-0.05, 0) is 24.7 Å². The van der Waals surface area contributed by atoms with Crippen molar-refractivity contribution in [1.29, 1.82) is 0 Å². The third-order valence-corrected chi connectivity index (χ3v) is 5.20. The van der Waals surface area contributed by atoms with Crippen LogP contribution >= 0.6 is 23.6 Å². The molecule has 0 saturated carbocycles. The Balaban J connectivity index is 1.38. The second kappa shape index (κ2) is 9.24. The van der Waals surface area contributed by atoms with E-state index in [1.165, 1.54) is 5.56 Å². The van der Waals surface area contributed by atoms with E-state index >= 15 is 0 Å². The maximum absolute atomic E-state index is 5.35. The molecule has 134 valence electrons. The summed E-state index contributed by atoms with van der Waals surface area (Å²) >= 11 is 7.03. The van der Waals surface area contributed by atoms with Crippen molar-refractivity contribution in [2.75, 3.05) is 39.4 Å². The van der Waals surface area contributed by atoms with Gasteiger partial charge in [0, 0.05) is 43.7 Å². The second-order valence-corrected chi connectivity index (χ2v) is 7.48. The van der Waals surface area contributed by atoms with Crippen LogP contribution in [0.5, 0.6) is 0 Å². The summed E-state index contributed by atoms with van der Waals surface area (Å²) in [7, 11) is 0. The minimum atomic E-state index is 0.701. The van der Waals surface area contributed by atoms with Crippen molar-refractivity contribution in [3.63, 3.8) is 0 Å². The lowest BCUT2D eigenvalue weighted by atomic mass is 10.1. The Morgan fingerprint density at radius 2 is 2.00 bits per heavy atom. The van der Waals surface area contributed by atoms with E-state index in [1.807, 2.05) is 6.92 Å². The van der Waals surface area contributed by atoms with E-state index in [4.69, 9.17) is 17.0 Å². The molecule has 1 fully saturated rings. The predicted molar refractivity (Wildman–Crippen MR) is 107 cm³/mol. The maximum Gasteiger partial charge on any atom is 0.166 e. The van der Waals surface area contributed by atoms with E-state index < -0.39 is 0 Å². The van der Waals surface area contributed by atoms with Crippen LogP contribution in [0, 0.1) is 6.92 Å². The molecule has 2 N–H and O–H groups in total. The normalized spacial score (nSPS) is 15.1. The summed E-state index contributed by atoms with van der Waals surface area (Å²) in [6, 6.07) is 8.46. The molecule has 2 aromatic rings. The Hall–Kier alpha value is -1.54. The lowest BCUT2D eigenvalue weighted by molar-refractivity contribution is 0.0389. The molecule has 0 unspecified atom stereocenters. The molecule has 0 amide bonds. The van der Waals surface area contributed by atoms with Crippen LogP contribution in [0.4, 0.5) is 0 Å². The minimum Gasteiger partial charge on any atom is -0.379 e. The number of ether oxygens (including phenoxy) is 1. The summed E-state index contributed by atoms with van der Waals surface area (Å²) in [6.07, 6.45) is 0. The number of thiocarbonyl (C=S) groups is 1. The predicted octanol–water partition coefficient (Wildman–Crippen LogP) is 2.41. The lowest BCUT2D eigenvalue weighted by Crippen LogP contribution is -2.43. The zero-order chi connectivity index (χ0) is 17.5. The Bertz CT molecular complexity index is 681. The summed E-state index contributed by atoms with van der Waals surface area (Å²) in [5.74, 6) is 0. The standard InChI is InChI=1S/C18H24N4OS2/c1-14-21-17(13-25-14)16-4-2-15(3-5-16)12-20-18(24)19-6-7-22-8-10-23-11-9-22/h2-5,13H,6-12H2,1H3,(H2,19,20,24). The van der Waals surface area contributed by atoms with Crippen molar-refractivity contribution in [1.82, 2.24) is 20.5 Å². The SMILES string of the molecule is Cc1nc(-c2ccc(CNC(=S)NCCN3CCOCC3)cc2)cs1. The zero-order valence-corrected chi connectivity index (χ0v) is 16.1. The zero-order valence-electron chi connectivity index (χ0n) is 14.5. The van der Waals surface area contributed by atoms with Crippen LogP contribution in [-0.2, 0) is 11.3 Å². The molecule has 5 nitrogen and oxygen atoms in total. The molecular formula is C18H24N4OS2. The van der Waals surface area contributed by atoms with E-state index in [0.29, 0.717) is 5.11 Å². The fourth-order valence-corrected chi connectivity index (χ4v) is 3.48. The molecule has 7 heteroatoms. The van der Waals surface area contributed by atoms with Crippen molar-refractivity contribution >= 4 is 28.7 Å². The number of morpholine rings is 1. The Labute approximate surface area is 158 Å². The quantitative estimate of drug-likeness (QED) is 0.755. The summed E-state index contributed by atoms with van der Waals surface area (Å²) in [6.45, 7) is 8.28. The number of nitrogens with one attached hydrogen (secondary N) is 2. The Kier molecular flexibility index (Phi) is 6.75. The number of rotatable bonds is 6. The van der Waals surface area contributed by atoms with Crippen LogP contribution in [0.1, 0.15) is 10.6 Å². The van der Waals surface area contributed by atoms with Crippen molar-refractivity contribution in [2.45, 2.75) is 13.5 Å². The third kappa shape index (κ3) is 5.74. The average Bonchev–Trinajstić information content (AvgIpc) is 3.08. The largest absolute Gasteiger partial charge is 0.379 e. The molecule has 3 rings (SSSR count). The molecule has 1 aliphatic rings. The van der Waals surface area contributed by atoms with Gasteiger partial charge in [-0.15, -0.1) is 11.3 Å². The van der Waals surface area contributed by atoms with Gasteiger partial charge in [0.25, 0.3) is 0 Å². The van der Waals surface area contributed by atoms with E-state index in [1.54, 1.807) is 11.3 Å². The number of aromatic nitrogens is 1. The molecule has 1 aromatic carbocycles. The van der Waals surface area contributed by atoms with Crippen LogP contribution in [0.3, 0.4) is 0 Å².